The smallest absolute Gasteiger partial charge is 0.294 e. The molecule has 0 saturated carbocycles. The first-order valence-electron chi connectivity index (χ1n) is 6.52. The Morgan fingerprint density at radius 3 is 2.52 bits per heavy atom. The van der Waals surface area contributed by atoms with Crippen LogP contribution < -0.4 is 5.32 Å². The van der Waals surface area contributed by atoms with Crippen LogP contribution in [0.5, 0.6) is 0 Å². The largest absolute Gasteiger partial charge is 0.313 e. The molecule has 2 heterocycles. The van der Waals surface area contributed by atoms with Gasteiger partial charge in [0.15, 0.2) is 0 Å². The molecule has 2 aliphatic rings. The van der Waals surface area contributed by atoms with E-state index in [4.69, 9.17) is 4.55 Å². The van der Waals surface area contributed by atoms with E-state index in [1.165, 1.54) is 29.5 Å². The minimum atomic E-state index is -4.02. The number of benzene rings is 1. The average molecular weight is 327 g/mol. The normalized spacial score (nSPS) is 21.1. The lowest BCUT2D eigenvalue weighted by atomic mass is 10.1. The van der Waals surface area contributed by atoms with Crippen molar-refractivity contribution in [1.82, 2.24) is 5.32 Å². The van der Waals surface area contributed by atoms with Gasteiger partial charge in [-0.05, 0) is 43.7 Å². The van der Waals surface area contributed by atoms with E-state index < -0.39 is 10.1 Å². The second-order valence-electron chi connectivity index (χ2n) is 4.90. The molecule has 114 valence electrons. The summed E-state index contributed by atoms with van der Waals surface area (Å²) in [5.74, 6) is 0. The summed E-state index contributed by atoms with van der Waals surface area (Å²) in [5.41, 5.74) is 2.25. The Kier molecular flexibility index (Phi) is 5.21. The van der Waals surface area contributed by atoms with Crippen molar-refractivity contribution >= 4 is 27.0 Å². The van der Waals surface area contributed by atoms with Gasteiger partial charge < -0.3 is 5.32 Å². The van der Waals surface area contributed by atoms with Gasteiger partial charge in [-0.3, -0.25) is 9.35 Å². The summed E-state index contributed by atoms with van der Waals surface area (Å²) < 4.78 is 29.6. The van der Waals surface area contributed by atoms with Crippen LogP contribution in [-0.4, -0.2) is 36.4 Å². The van der Waals surface area contributed by atoms with E-state index in [0.717, 1.165) is 25.1 Å². The van der Waals surface area contributed by atoms with Gasteiger partial charge in [0, 0.05) is 11.8 Å². The number of carbonyl (C=O) groups is 1. The molecule has 0 aliphatic carbocycles. The van der Waals surface area contributed by atoms with Crippen LogP contribution in [-0.2, 0) is 14.9 Å². The van der Waals surface area contributed by atoms with E-state index in [9.17, 15) is 13.2 Å². The Bertz CT molecular complexity index is 650. The topological polar surface area (TPSA) is 83.5 Å². The highest BCUT2D eigenvalue weighted by Crippen LogP contribution is 2.31. The standard InChI is InChI=1S/C7H9NOS.C7H8O3S/c9-7-3-5-4-8-2-1-6(5)10-7;1-6-2-4-7(5-3-6)11(8,9)10/h3,6,8H,1-2,4H2;2-5H,1H3,(H,8,9,10). The van der Waals surface area contributed by atoms with Crippen LogP contribution in [0.15, 0.2) is 40.8 Å². The van der Waals surface area contributed by atoms with E-state index in [2.05, 4.69) is 5.32 Å². The van der Waals surface area contributed by atoms with Gasteiger partial charge in [0.05, 0.1) is 4.90 Å². The third kappa shape index (κ3) is 4.67. The van der Waals surface area contributed by atoms with Crippen molar-refractivity contribution in [1.29, 1.82) is 0 Å². The molecule has 2 N–H and O–H groups in total. The van der Waals surface area contributed by atoms with Gasteiger partial charge in [-0.25, -0.2) is 0 Å². The number of hydrogen-bond donors (Lipinski definition) is 2. The van der Waals surface area contributed by atoms with Crippen molar-refractivity contribution in [3.05, 3.63) is 41.5 Å². The molecule has 0 aromatic heterocycles. The maximum absolute atomic E-state index is 10.9. The van der Waals surface area contributed by atoms with Gasteiger partial charge in [0.25, 0.3) is 10.1 Å². The minimum Gasteiger partial charge on any atom is -0.313 e. The quantitative estimate of drug-likeness (QED) is 0.765. The number of fused-ring (bicyclic) bond motifs is 1. The number of nitrogens with one attached hydrogen (secondary N) is 1. The first-order valence-corrected chi connectivity index (χ1v) is 8.84. The fourth-order valence-corrected chi connectivity index (χ4v) is 3.60. The molecule has 1 saturated heterocycles. The molecular weight excluding hydrogens is 310 g/mol. The van der Waals surface area contributed by atoms with Crippen LogP contribution in [0.3, 0.4) is 0 Å². The molecule has 0 bridgehead atoms. The molecular formula is C14H17NO4S2. The lowest BCUT2D eigenvalue weighted by Crippen LogP contribution is -2.30. The zero-order valence-corrected chi connectivity index (χ0v) is 13.2. The van der Waals surface area contributed by atoms with Crippen LogP contribution in [0.2, 0.25) is 0 Å². The van der Waals surface area contributed by atoms with Gasteiger partial charge in [-0.15, -0.1) is 0 Å². The van der Waals surface area contributed by atoms with E-state index >= 15 is 0 Å². The molecule has 1 aromatic rings. The van der Waals surface area contributed by atoms with Crippen LogP contribution in [0.25, 0.3) is 0 Å². The molecule has 1 fully saturated rings. The zero-order valence-electron chi connectivity index (χ0n) is 11.6. The SMILES string of the molecule is Cc1ccc(S(=O)(=O)O)cc1.O=C1C=C2CNCCC2S1. The van der Waals surface area contributed by atoms with Crippen LogP contribution in [0, 0.1) is 6.92 Å². The maximum Gasteiger partial charge on any atom is 0.294 e. The van der Waals surface area contributed by atoms with Crippen molar-refractivity contribution < 1.29 is 17.8 Å². The van der Waals surface area contributed by atoms with Crippen molar-refractivity contribution in [2.75, 3.05) is 13.1 Å². The van der Waals surface area contributed by atoms with Crippen LogP contribution >= 0.6 is 11.8 Å². The maximum atomic E-state index is 10.9. The van der Waals surface area contributed by atoms with E-state index in [0.29, 0.717) is 5.25 Å². The summed E-state index contributed by atoms with van der Waals surface area (Å²) in [6.07, 6.45) is 2.89. The van der Waals surface area contributed by atoms with Crippen molar-refractivity contribution in [2.45, 2.75) is 23.5 Å². The Balaban J connectivity index is 0.000000154. The summed E-state index contributed by atoms with van der Waals surface area (Å²) in [5, 5.41) is 3.99. The summed E-state index contributed by atoms with van der Waals surface area (Å²) in [6.45, 7) is 3.82. The lowest BCUT2D eigenvalue weighted by molar-refractivity contribution is -0.106. The van der Waals surface area contributed by atoms with Gasteiger partial charge >= 0.3 is 0 Å². The van der Waals surface area contributed by atoms with Crippen molar-refractivity contribution in [3.8, 4) is 0 Å². The highest BCUT2D eigenvalue weighted by Gasteiger charge is 2.27. The van der Waals surface area contributed by atoms with E-state index in [-0.39, 0.29) is 10.0 Å². The summed E-state index contributed by atoms with van der Waals surface area (Å²) >= 11 is 1.48. The predicted molar refractivity (Wildman–Crippen MR) is 82.9 cm³/mol. The fraction of sp³-hybridized carbons (Fsp3) is 0.357. The van der Waals surface area contributed by atoms with Gasteiger partial charge in [0.2, 0.25) is 5.12 Å². The molecule has 0 spiro atoms. The molecule has 3 rings (SSSR count). The highest BCUT2D eigenvalue weighted by molar-refractivity contribution is 8.15. The van der Waals surface area contributed by atoms with Gasteiger partial charge in [0.1, 0.15) is 0 Å². The second kappa shape index (κ2) is 6.74. The van der Waals surface area contributed by atoms with Crippen LogP contribution in [0.4, 0.5) is 0 Å². The van der Waals surface area contributed by atoms with Gasteiger partial charge in [-0.1, -0.05) is 29.5 Å². The first-order chi connectivity index (χ1) is 9.86. The number of thioether (sulfide) groups is 1. The lowest BCUT2D eigenvalue weighted by Gasteiger charge is -2.19. The Hall–Kier alpha value is -1.15. The molecule has 0 radical (unpaired) electrons. The monoisotopic (exact) mass is 327 g/mol. The fourth-order valence-electron chi connectivity index (χ4n) is 2.08. The number of aryl methyl sites for hydroxylation is 1. The third-order valence-corrected chi connectivity index (χ3v) is 5.25. The van der Waals surface area contributed by atoms with Crippen molar-refractivity contribution in [3.63, 3.8) is 0 Å². The third-order valence-electron chi connectivity index (χ3n) is 3.21. The molecule has 5 nitrogen and oxygen atoms in total. The predicted octanol–water partition coefficient (Wildman–Crippen LogP) is 1.79. The zero-order chi connectivity index (χ0) is 15.5. The average Bonchev–Trinajstić information content (AvgIpc) is 2.79. The molecule has 1 atom stereocenters. The molecule has 7 heteroatoms. The second-order valence-corrected chi connectivity index (χ2v) is 7.53. The summed E-state index contributed by atoms with van der Waals surface area (Å²) in [7, 11) is -4.02. The van der Waals surface area contributed by atoms with Crippen LogP contribution in [0.1, 0.15) is 12.0 Å². The summed E-state index contributed by atoms with van der Waals surface area (Å²) in [4.78, 5) is 10.8. The minimum absolute atomic E-state index is 0.0666. The number of rotatable bonds is 1. The Labute approximate surface area is 128 Å². The molecule has 21 heavy (non-hydrogen) atoms. The van der Waals surface area contributed by atoms with Crippen molar-refractivity contribution in [2.24, 2.45) is 0 Å². The Morgan fingerprint density at radius 1 is 1.29 bits per heavy atom. The molecule has 0 amide bonds. The van der Waals surface area contributed by atoms with Gasteiger partial charge in [-0.2, -0.15) is 8.42 Å². The molecule has 2 aliphatic heterocycles. The van der Waals surface area contributed by atoms with E-state index in [1.54, 1.807) is 18.2 Å². The summed E-state index contributed by atoms with van der Waals surface area (Å²) in [6, 6.07) is 5.99. The number of piperidine rings is 1. The number of hydrogen-bond acceptors (Lipinski definition) is 5. The highest BCUT2D eigenvalue weighted by atomic mass is 32.2. The molecule has 1 aromatic carbocycles. The Morgan fingerprint density at radius 2 is 1.95 bits per heavy atom. The van der Waals surface area contributed by atoms with E-state index in [1.807, 2.05) is 6.92 Å². The first kappa shape index (κ1) is 16.2. The molecule has 1 unspecified atom stereocenters. The number of carbonyl (C=O) groups excluding carboxylic acids is 1.